The summed E-state index contributed by atoms with van der Waals surface area (Å²) in [6.07, 6.45) is 2.86. The topological polar surface area (TPSA) is 29.5 Å². The molecule has 0 atom stereocenters. The molecule has 0 aromatic rings. The van der Waals surface area contributed by atoms with Crippen LogP contribution in [0.2, 0.25) is 0 Å². The lowest BCUT2D eigenvalue weighted by molar-refractivity contribution is -0.126. The van der Waals surface area contributed by atoms with Crippen LogP contribution >= 0.6 is 0 Å². The molecule has 3 nitrogen and oxygen atoms in total. The summed E-state index contributed by atoms with van der Waals surface area (Å²) in [7, 11) is 1.90. The van der Waals surface area contributed by atoms with Crippen molar-refractivity contribution in [3.8, 4) is 0 Å². The van der Waals surface area contributed by atoms with E-state index in [0.29, 0.717) is 5.91 Å². The molecule has 1 spiro atoms. The first kappa shape index (κ1) is 8.05. The summed E-state index contributed by atoms with van der Waals surface area (Å²) < 4.78 is 5.30. The van der Waals surface area contributed by atoms with Gasteiger partial charge in [-0.15, -0.1) is 0 Å². The van der Waals surface area contributed by atoms with Gasteiger partial charge in [-0.25, -0.2) is 0 Å². The van der Waals surface area contributed by atoms with Crippen LogP contribution in [-0.4, -0.2) is 37.6 Å². The molecule has 0 unspecified atom stereocenters. The summed E-state index contributed by atoms with van der Waals surface area (Å²) in [5.74, 6) is 0.303. The minimum absolute atomic E-state index is 0.268. The SMILES string of the molecule is CN1CC2(CCOCC2)CC1=O. The van der Waals surface area contributed by atoms with Gasteiger partial charge in [0, 0.05) is 38.6 Å². The molecule has 68 valence electrons. The predicted octanol–water partition coefficient (Wildman–Crippen LogP) is 0.645. The van der Waals surface area contributed by atoms with Crippen molar-refractivity contribution in [1.82, 2.24) is 4.90 Å². The molecule has 0 bridgehead atoms. The fourth-order valence-electron chi connectivity index (χ4n) is 2.24. The molecule has 0 aromatic carbocycles. The number of hydrogen-bond donors (Lipinski definition) is 0. The molecule has 2 fully saturated rings. The monoisotopic (exact) mass is 169 g/mol. The fraction of sp³-hybridized carbons (Fsp3) is 0.889. The summed E-state index contributed by atoms with van der Waals surface area (Å²) in [5.41, 5.74) is 0.268. The molecule has 2 aliphatic heterocycles. The summed E-state index contributed by atoms with van der Waals surface area (Å²) in [6.45, 7) is 2.61. The Morgan fingerprint density at radius 3 is 2.58 bits per heavy atom. The van der Waals surface area contributed by atoms with Crippen LogP contribution in [0.25, 0.3) is 0 Å². The lowest BCUT2D eigenvalue weighted by Gasteiger charge is -2.31. The number of likely N-dealkylation sites (tertiary alicyclic amines) is 1. The predicted molar refractivity (Wildman–Crippen MR) is 44.7 cm³/mol. The van der Waals surface area contributed by atoms with Crippen molar-refractivity contribution >= 4 is 5.91 Å². The van der Waals surface area contributed by atoms with Gasteiger partial charge in [-0.1, -0.05) is 0 Å². The normalized spacial score (nSPS) is 28.4. The highest BCUT2D eigenvalue weighted by molar-refractivity contribution is 5.79. The largest absolute Gasteiger partial charge is 0.381 e. The minimum Gasteiger partial charge on any atom is -0.381 e. The van der Waals surface area contributed by atoms with Gasteiger partial charge in [-0.3, -0.25) is 4.79 Å². The highest BCUT2D eigenvalue weighted by Gasteiger charge is 2.42. The van der Waals surface area contributed by atoms with Crippen molar-refractivity contribution in [3.05, 3.63) is 0 Å². The van der Waals surface area contributed by atoms with Crippen molar-refractivity contribution in [3.63, 3.8) is 0 Å². The van der Waals surface area contributed by atoms with Gasteiger partial charge < -0.3 is 9.64 Å². The van der Waals surface area contributed by atoms with E-state index in [-0.39, 0.29) is 5.41 Å². The lowest BCUT2D eigenvalue weighted by atomic mass is 9.79. The first-order valence-corrected chi connectivity index (χ1v) is 4.54. The summed E-state index contributed by atoms with van der Waals surface area (Å²) in [5, 5.41) is 0. The van der Waals surface area contributed by atoms with Crippen LogP contribution in [0.3, 0.4) is 0 Å². The Bertz CT molecular complexity index is 197. The highest BCUT2D eigenvalue weighted by atomic mass is 16.5. The number of nitrogens with zero attached hydrogens (tertiary/aromatic N) is 1. The van der Waals surface area contributed by atoms with Gasteiger partial charge >= 0.3 is 0 Å². The number of carbonyl (C=O) groups is 1. The first-order valence-electron chi connectivity index (χ1n) is 4.54. The molecule has 0 aliphatic carbocycles. The van der Waals surface area contributed by atoms with E-state index in [1.54, 1.807) is 0 Å². The van der Waals surface area contributed by atoms with Crippen molar-refractivity contribution < 1.29 is 9.53 Å². The number of amides is 1. The number of hydrogen-bond acceptors (Lipinski definition) is 2. The van der Waals surface area contributed by atoms with Gasteiger partial charge in [0.15, 0.2) is 0 Å². The van der Waals surface area contributed by atoms with E-state index >= 15 is 0 Å². The van der Waals surface area contributed by atoms with Crippen LogP contribution < -0.4 is 0 Å². The maximum absolute atomic E-state index is 11.3. The Labute approximate surface area is 72.7 Å². The lowest BCUT2D eigenvalue weighted by Crippen LogP contribution is -2.31. The van der Waals surface area contributed by atoms with E-state index in [1.165, 1.54) is 0 Å². The second-order valence-electron chi connectivity index (χ2n) is 4.04. The Hall–Kier alpha value is -0.570. The molecular formula is C9H15NO2. The number of ether oxygens (including phenoxy) is 1. The summed E-state index contributed by atoms with van der Waals surface area (Å²) >= 11 is 0. The second-order valence-corrected chi connectivity index (χ2v) is 4.04. The minimum atomic E-state index is 0.268. The van der Waals surface area contributed by atoms with Crippen LogP contribution in [0.5, 0.6) is 0 Å². The van der Waals surface area contributed by atoms with E-state index in [9.17, 15) is 4.79 Å². The molecule has 0 radical (unpaired) electrons. The van der Waals surface area contributed by atoms with Crippen molar-refractivity contribution in [1.29, 1.82) is 0 Å². The molecule has 0 saturated carbocycles. The van der Waals surface area contributed by atoms with Gasteiger partial charge in [-0.2, -0.15) is 0 Å². The maximum atomic E-state index is 11.3. The summed E-state index contributed by atoms with van der Waals surface area (Å²) in [4.78, 5) is 13.2. The standard InChI is InChI=1S/C9H15NO2/c1-10-7-9(6-8(10)11)2-4-12-5-3-9/h2-7H2,1H3. The zero-order chi connectivity index (χ0) is 8.60. The maximum Gasteiger partial charge on any atom is 0.222 e. The summed E-state index contributed by atoms with van der Waals surface area (Å²) in [6, 6.07) is 0. The Kier molecular flexibility index (Phi) is 1.83. The van der Waals surface area contributed by atoms with Crippen LogP contribution in [0.4, 0.5) is 0 Å². The Balaban J connectivity index is 2.07. The van der Waals surface area contributed by atoms with Gasteiger partial charge in [0.05, 0.1) is 0 Å². The molecule has 2 saturated heterocycles. The fourth-order valence-corrected chi connectivity index (χ4v) is 2.24. The zero-order valence-electron chi connectivity index (χ0n) is 7.51. The zero-order valence-corrected chi connectivity index (χ0v) is 7.51. The van der Waals surface area contributed by atoms with Crippen LogP contribution in [-0.2, 0) is 9.53 Å². The second kappa shape index (κ2) is 2.73. The van der Waals surface area contributed by atoms with Gasteiger partial charge in [0.25, 0.3) is 0 Å². The molecular weight excluding hydrogens is 154 g/mol. The van der Waals surface area contributed by atoms with Crippen LogP contribution in [0.15, 0.2) is 0 Å². The molecule has 3 heteroatoms. The Morgan fingerprint density at radius 2 is 2.08 bits per heavy atom. The molecule has 2 heterocycles. The third-order valence-electron chi connectivity index (χ3n) is 3.08. The van der Waals surface area contributed by atoms with Crippen LogP contribution in [0.1, 0.15) is 19.3 Å². The first-order chi connectivity index (χ1) is 5.72. The average molecular weight is 169 g/mol. The van der Waals surface area contributed by atoms with E-state index in [0.717, 1.165) is 39.0 Å². The molecule has 12 heavy (non-hydrogen) atoms. The van der Waals surface area contributed by atoms with Gasteiger partial charge in [-0.05, 0) is 12.8 Å². The number of rotatable bonds is 0. The molecule has 0 aromatic heterocycles. The average Bonchev–Trinajstić information content (AvgIpc) is 2.29. The van der Waals surface area contributed by atoms with E-state index in [4.69, 9.17) is 4.74 Å². The third kappa shape index (κ3) is 1.22. The smallest absolute Gasteiger partial charge is 0.222 e. The van der Waals surface area contributed by atoms with E-state index in [2.05, 4.69) is 0 Å². The molecule has 1 amide bonds. The quantitative estimate of drug-likeness (QED) is 0.532. The van der Waals surface area contributed by atoms with E-state index < -0.39 is 0 Å². The van der Waals surface area contributed by atoms with Crippen molar-refractivity contribution in [2.24, 2.45) is 5.41 Å². The van der Waals surface area contributed by atoms with E-state index in [1.807, 2.05) is 11.9 Å². The van der Waals surface area contributed by atoms with Gasteiger partial charge in [0.2, 0.25) is 5.91 Å². The van der Waals surface area contributed by atoms with Crippen molar-refractivity contribution in [2.75, 3.05) is 26.8 Å². The third-order valence-corrected chi connectivity index (χ3v) is 3.08. The van der Waals surface area contributed by atoms with Gasteiger partial charge in [0.1, 0.15) is 0 Å². The number of carbonyl (C=O) groups excluding carboxylic acids is 1. The molecule has 2 rings (SSSR count). The van der Waals surface area contributed by atoms with Crippen molar-refractivity contribution in [2.45, 2.75) is 19.3 Å². The molecule has 2 aliphatic rings. The highest BCUT2D eigenvalue weighted by Crippen LogP contribution is 2.39. The van der Waals surface area contributed by atoms with Crippen LogP contribution in [0, 0.1) is 5.41 Å². The molecule has 0 N–H and O–H groups in total. The Morgan fingerprint density at radius 1 is 1.42 bits per heavy atom.